The van der Waals surface area contributed by atoms with Crippen LogP contribution in [-0.4, -0.2) is 41.8 Å². The van der Waals surface area contributed by atoms with Crippen LogP contribution < -0.4 is 4.74 Å². The third kappa shape index (κ3) is 5.13. The summed E-state index contributed by atoms with van der Waals surface area (Å²) in [6, 6.07) is 5.99. The molecule has 0 fully saturated rings. The van der Waals surface area contributed by atoms with Crippen molar-refractivity contribution in [3.05, 3.63) is 34.4 Å². The molecule has 19 heavy (non-hydrogen) atoms. The van der Waals surface area contributed by atoms with Crippen molar-refractivity contribution in [1.82, 2.24) is 4.90 Å². The van der Waals surface area contributed by atoms with Gasteiger partial charge in [-0.3, -0.25) is 14.9 Å². The van der Waals surface area contributed by atoms with Crippen LogP contribution >= 0.6 is 11.6 Å². The van der Waals surface area contributed by atoms with Gasteiger partial charge in [-0.25, -0.2) is 0 Å². The number of nitrogens with zero attached hydrogens (tertiary/aromatic N) is 2. The number of amides is 1. The second-order valence-corrected chi connectivity index (χ2v) is 4.17. The predicted octanol–water partition coefficient (Wildman–Crippen LogP) is 2.06. The molecule has 6 nitrogen and oxygen atoms in total. The summed E-state index contributed by atoms with van der Waals surface area (Å²) in [4.78, 5) is 22.8. The molecular weight excluding hydrogens is 272 g/mol. The Labute approximate surface area is 116 Å². The van der Waals surface area contributed by atoms with Crippen LogP contribution in [-0.2, 0) is 4.79 Å². The largest absolute Gasteiger partial charge is 0.493 e. The van der Waals surface area contributed by atoms with Crippen molar-refractivity contribution in [3.63, 3.8) is 0 Å². The standard InChI is InChI=1S/C12H15ClN2O4/c1-14(12(16)9-13)6-3-7-19-11-5-2-4-10(8-11)15(17)18/h2,4-5,8H,3,6-7,9H2,1H3. The summed E-state index contributed by atoms with van der Waals surface area (Å²) in [6.45, 7) is 0.904. The van der Waals surface area contributed by atoms with E-state index in [2.05, 4.69) is 0 Å². The van der Waals surface area contributed by atoms with Crippen LogP contribution in [0.1, 0.15) is 6.42 Å². The minimum atomic E-state index is -0.472. The maximum Gasteiger partial charge on any atom is 0.273 e. The predicted molar refractivity (Wildman–Crippen MR) is 71.6 cm³/mol. The summed E-state index contributed by atoms with van der Waals surface area (Å²) >= 11 is 5.42. The highest BCUT2D eigenvalue weighted by Gasteiger charge is 2.08. The summed E-state index contributed by atoms with van der Waals surface area (Å²) < 4.78 is 5.39. The van der Waals surface area contributed by atoms with Gasteiger partial charge < -0.3 is 9.64 Å². The fraction of sp³-hybridized carbons (Fsp3) is 0.417. The van der Waals surface area contributed by atoms with Crippen LogP contribution in [0, 0.1) is 10.1 Å². The van der Waals surface area contributed by atoms with E-state index in [1.165, 1.54) is 17.0 Å². The molecule has 1 rings (SSSR count). The van der Waals surface area contributed by atoms with Crippen LogP contribution in [0.5, 0.6) is 5.75 Å². The van der Waals surface area contributed by atoms with E-state index in [0.717, 1.165) is 0 Å². The highest BCUT2D eigenvalue weighted by atomic mass is 35.5. The number of carbonyl (C=O) groups is 1. The Morgan fingerprint density at radius 2 is 2.26 bits per heavy atom. The van der Waals surface area contributed by atoms with E-state index in [-0.39, 0.29) is 17.5 Å². The monoisotopic (exact) mass is 286 g/mol. The van der Waals surface area contributed by atoms with E-state index < -0.39 is 4.92 Å². The van der Waals surface area contributed by atoms with Crippen LogP contribution in [0.3, 0.4) is 0 Å². The molecular formula is C12H15ClN2O4. The topological polar surface area (TPSA) is 72.7 Å². The molecule has 104 valence electrons. The first-order chi connectivity index (χ1) is 9.04. The third-order valence-corrected chi connectivity index (χ3v) is 2.70. The number of halogens is 1. The van der Waals surface area contributed by atoms with Gasteiger partial charge in [-0.15, -0.1) is 11.6 Å². The van der Waals surface area contributed by atoms with E-state index in [1.54, 1.807) is 19.2 Å². The Bertz CT molecular complexity index is 453. The van der Waals surface area contributed by atoms with Gasteiger partial charge in [0.05, 0.1) is 17.6 Å². The van der Waals surface area contributed by atoms with Crippen molar-refractivity contribution < 1.29 is 14.5 Å². The minimum absolute atomic E-state index is 0.00747. The maximum absolute atomic E-state index is 11.2. The lowest BCUT2D eigenvalue weighted by Gasteiger charge is -2.15. The zero-order chi connectivity index (χ0) is 14.3. The van der Waals surface area contributed by atoms with Gasteiger partial charge in [-0.05, 0) is 12.5 Å². The summed E-state index contributed by atoms with van der Waals surface area (Å²) in [5.74, 6) is 0.264. The lowest BCUT2D eigenvalue weighted by atomic mass is 10.3. The summed E-state index contributed by atoms with van der Waals surface area (Å²) in [7, 11) is 1.66. The Kier molecular flexibility index (Phi) is 6.08. The van der Waals surface area contributed by atoms with Crippen LogP contribution in [0.2, 0.25) is 0 Å². The Hall–Kier alpha value is -1.82. The molecule has 0 atom stereocenters. The van der Waals surface area contributed by atoms with Crippen molar-refractivity contribution in [2.75, 3.05) is 26.1 Å². The van der Waals surface area contributed by atoms with Crippen molar-refractivity contribution >= 4 is 23.2 Å². The molecule has 0 saturated heterocycles. The SMILES string of the molecule is CN(CCCOc1cccc([N+](=O)[O-])c1)C(=O)CCl. The van der Waals surface area contributed by atoms with Gasteiger partial charge in [0.1, 0.15) is 11.6 Å². The first-order valence-corrected chi connectivity index (χ1v) is 6.25. The van der Waals surface area contributed by atoms with Gasteiger partial charge in [-0.2, -0.15) is 0 Å². The Balaban J connectivity index is 2.35. The first kappa shape index (κ1) is 15.2. The minimum Gasteiger partial charge on any atom is -0.493 e. The number of nitro benzene ring substituents is 1. The molecule has 0 aromatic heterocycles. The Morgan fingerprint density at radius 3 is 2.89 bits per heavy atom. The zero-order valence-electron chi connectivity index (χ0n) is 10.5. The average Bonchev–Trinajstić information content (AvgIpc) is 2.42. The van der Waals surface area contributed by atoms with Gasteiger partial charge in [0, 0.05) is 19.7 Å². The molecule has 0 N–H and O–H groups in total. The van der Waals surface area contributed by atoms with Gasteiger partial charge in [0.25, 0.3) is 5.69 Å². The lowest BCUT2D eigenvalue weighted by molar-refractivity contribution is -0.384. The summed E-state index contributed by atoms with van der Waals surface area (Å²) in [5, 5.41) is 10.6. The van der Waals surface area contributed by atoms with Crippen molar-refractivity contribution in [3.8, 4) is 5.75 Å². The number of hydrogen-bond donors (Lipinski definition) is 0. The van der Waals surface area contributed by atoms with Gasteiger partial charge >= 0.3 is 0 Å². The first-order valence-electron chi connectivity index (χ1n) is 5.71. The number of alkyl halides is 1. The van der Waals surface area contributed by atoms with Crippen LogP contribution in [0.25, 0.3) is 0 Å². The second-order valence-electron chi connectivity index (χ2n) is 3.91. The number of hydrogen-bond acceptors (Lipinski definition) is 4. The van der Waals surface area contributed by atoms with Crippen LogP contribution in [0.4, 0.5) is 5.69 Å². The number of nitro groups is 1. The summed E-state index contributed by atoms with van der Waals surface area (Å²) in [5.41, 5.74) is -0.00747. The molecule has 0 saturated carbocycles. The van der Waals surface area contributed by atoms with Crippen molar-refractivity contribution in [2.24, 2.45) is 0 Å². The molecule has 0 spiro atoms. The average molecular weight is 287 g/mol. The normalized spacial score (nSPS) is 10.0. The number of non-ortho nitro benzene ring substituents is 1. The highest BCUT2D eigenvalue weighted by molar-refractivity contribution is 6.27. The van der Waals surface area contributed by atoms with E-state index in [9.17, 15) is 14.9 Å². The van der Waals surface area contributed by atoms with E-state index in [4.69, 9.17) is 16.3 Å². The van der Waals surface area contributed by atoms with Crippen LogP contribution in [0.15, 0.2) is 24.3 Å². The molecule has 0 aliphatic heterocycles. The van der Waals surface area contributed by atoms with Gasteiger partial charge in [0.2, 0.25) is 5.91 Å². The molecule has 0 radical (unpaired) electrons. The molecule has 1 aromatic rings. The quantitative estimate of drug-likeness (QED) is 0.333. The molecule has 7 heteroatoms. The number of carbonyl (C=O) groups excluding carboxylic acids is 1. The molecule has 0 aliphatic rings. The summed E-state index contributed by atoms with van der Waals surface area (Å²) in [6.07, 6.45) is 0.627. The number of ether oxygens (including phenoxy) is 1. The van der Waals surface area contributed by atoms with Crippen molar-refractivity contribution in [2.45, 2.75) is 6.42 Å². The van der Waals surface area contributed by atoms with E-state index >= 15 is 0 Å². The van der Waals surface area contributed by atoms with E-state index in [1.807, 2.05) is 0 Å². The molecule has 1 aromatic carbocycles. The zero-order valence-corrected chi connectivity index (χ0v) is 11.3. The second kappa shape index (κ2) is 7.58. The number of rotatable bonds is 7. The highest BCUT2D eigenvalue weighted by Crippen LogP contribution is 2.19. The fourth-order valence-electron chi connectivity index (χ4n) is 1.41. The van der Waals surface area contributed by atoms with Gasteiger partial charge in [0.15, 0.2) is 0 Å². The molecule has 1 amide bonds. The maximum atomic E-state index is 11.2. The Morgan fingerprint density at radius 1 is 1.53 bits per heavy atom. The smallest absolute Gasteiger partial charge is 0.273 e. The van der Waals surface area contributed by atoms with E-state index in [0.29, 0.717) is 25.3 Å². The lowest BCUT2D eigenvalue weighted by Crippen LogP contribution is -2.29. The molecule has 0 aliphatic carbocycles. The van der Waals surface area contributed by atoms with Crippen molar-refractivity contribution in [1.29, 1.82) is 0 Å². The third-order valence-electron chi connectivity index (χ3n) is 2.48. The number of benzene rings is 1. The molecule has 0 unspecified atom stereocenters. The fourth-order valence-corrected chi connectivity index (χ4v) is 1.61. The molecule has 0 bridgehead atoms. The van der Waals surface area contributed by atoms with Gasteiger partial charge in [-0.1, -0.05) is 6.07 Å². The molecule has 0 heterocycles.